The van der Waals surface area contributed by atoms with Crippen LogP contribution in [0.1, 0.15) is 5.56 Å². The van der Waals surface area contributed by atoms with Gasteiger partial charge in [0, 0.05) is 12.4 Å². The fourth-order valence-corrected chi connectivity index (χ4v) is 0.546. The minimum Gasteiger partial charge on any atom is -0.264 e. The van der Waals surface area contributed by atoms with Gasteiger partial charge in [-0.05, 0) is 25.0 Å². The van der Waals surface area contributed by atoms with Crippen LogP contribution in [0, 0.1) is 6.92 Å². The van der Waals surface area contributed by atoms with Crippen molar-refractivity contribution in [1.82, 2.24) is 4.98 Å². The minimum absolute atomic E-state index is 0.827. The van der Waals surface area contributed by atoms with Crippen molar-refractivity contribution >= 4 is 0 Å². The van der Waals surface area contributed by atoms with Crippen molar-refractivity contribution in [3.63, 3.8) is 0 Å². The molecular weight excluding hydrogens is 98.1 g/mol. The molecule has 1 heteroatoms. The summed E-state index contributed by atoms with van der Waals surface area (Å²) in [5.41, 5.74) is 1.19. The first kappa shape index (κ1) is 5.29. The predicted molar refractivity (Wildman–Crippen MR) is 33.3 cm³/mol. The highest BCUT2D eigenvalue weighted by Crippen LogP contribution is 1.93. The molecule has 1 aromatic rings. The molecule has 1 rings (SSSR count). The van der Waals surface area contributed by atoms with E-state index in [4.69, 9.17) is 0 Å². The lowest BCUT2D eigenvalue weighted by molar-refractivity contribution is 1.19. The number of nitrogens with zero attached hydrogens (tertiary/aromatic N) is 1. The van der Waals surface area contributed by atoms with Crippen molar-refractivity contribution in [1.29, 1.82) is 0 Å². The Labute approximate surface area is 49.4 Å². The van der Waals surface area contributed by atoms with Crippen molar-refractivity contribution in [3.8, 4) is 0 Å². The summed E-state index contributed by atoms with van der Waals surface area (Å²) >= 11 is 0. The van der Waals surface area contributed by atoms with Crippen molar-refractivity contribution in [2.45, 2.75) is 6.42 Å². The fraction of sp³-hybridized carbons (Fsp3) is 0.143. The van der Waals surface area contributed by atoms with Gasteiger partial charge in [0.2, 0.25) is 0 Å². The van der Waals surface area contributed by atoms with Crippen LogP contribution in [0.15, 0.2) is 24.5 Å². The predicted octanol–water partition coefficient (Wildman–Crippen LogP) is 1.46. The second kappa shape index (κ2) is 2.46. The summed E-state index contributed by atoms with van der Waals surface area (Å²) < 4.78 is 0. The average molecular weight is 106 g/mol. The second-order valence-electron chi connectivity index (χ2n) is 1.61. The molecule has 1 radical (unpaired) electrons. The van der Waals surface area contributed by atoms with Crippen LogP contribution in [0.5, 0.6) is 0 Å². The monoisotopic (exact) mass is 106 g/mol. The van der Waals surface area contributed by atoms with Crippen LogP contribution in [0.25, 0.3) is 0 Å². The van der Waals surface area contributed by atoms with Gasteiger partial charge in [-0.2, -0.15) is 0 Å². The van der Waals surface area contributed by atoms with Gasteiger partial charge in [-0.25, -0.2) is 0 Å². The molecule has 0 aliphatic heterocycles. The van der Waals surface area contributed by atoms with E-state index in [0.717, 1.165) is 6.42 Å². The number of pyridine rings is 1. The number of rotatable bonds is 1. The van der Waals surface area contributed by atoms with E-state index in [2.05, 4.69) is 11.9 Å². The summed E-state index contributed by atoms with van der Waals surface area (Å²) in [7, 11) is 0. The molecule has 0 saturated heterocycles. The summed E-state index contributed by atoms with van der Waals surface area (Å²) in [6.07, 6.45) is 4.42. The number of aromatic nitrogens is 1. The second-order valence-corrected chi connectivity index (χ2v) is 1.61. The molecule has 1 heterocycles. The van der Waals surface area contributed by atoms with Crippen LogP contribution in [0.2, 0.25) is 0 Å². The van der Waals surface area contributed by atoms with E-state index in [1.54, 1.807) is 6.20 Å². The summed E-state index contributed by atoms with van der Waals surface area (Å²) in [5.74, 6) is 0. The van der Waals surface area contributed by atoms with Crippen molar-refractivity contribution in [2.24, 2.45) is 0 Å². The lowest BCUT2D eigenvalue weighted by Gasteiger charge is -1.88. The van der Waals surface area contributed by atoms with E-state index in [9.17, 15) is 0 Å². The summed E-state index contributed by atoms with van der Waals surface area (Å²) in [5, 5.41) is 0. The highest BCUT2D eigenvalue weighted by Gasteiger charge is 1.81. The zero-order valence-corrected chi connectivity index (χ0v) is 4.67. The Morgan fingerprint density at radius 3 is 2.88 bits per heavy atom. The van der Waals surface area contributed by atoms with Gasteiger partial charge < -0.3 is 0 Å². The van der Waals surface area contributed by atoms with E-state index in [1.807, 2.05) is 18.3 Å². The van der Waals surface area contributed by atoms with Crippen LogP contribution >= 0.6 is 0 Å². The van der Waals surface area contributed by atoms with Crippen LogP contribution < -0.4 is 0 Å². The van der Waals surface area contributed by atoms with Gasteiger partial charge in [-0.15, -0.1) is 0 Å². The molecular formula is C7H8N. The summed E-state index contributed by atoms with van der Waals surface area (Å²) in [6.45, 7) is 3.72. The molecule has 0 amide bonds. The molecule has 0 aromatic carbocycles. The maximum Gasteiger partial charge on any atom is 0.0299 e. The van der Waals surface area contributed by atoms with Crippen molar-refractivity contribution < 1.29 is 0 Å². The van der Waals surface area contributed by atoms with Crippen LogP contribution in [-0.2, 0) is 6.42 Å². The first-order valence-corrected chi connectivity index (χ1v) is 2.61. The molecule has 1 nitrogen and oxygen atoms in total. The topological polar surface area (TPSA) is 12.9 Å². The van der Waals surface area contributed by atoms with Gasteiger partial charge in [0.05, 0.1) is 0 Å². The highest BCUT2D eigenvalue weighted by atomic mass is 14.6. The molecule has 0 fully saturated rings. The fourth-order valence-electron chi connectivity index (χ4n) is 0.546. The largest absolute Gasteiger partial charge is 0.264 e. The van der Waals surface area contributed by atoms with E-state index >= 15 is 0 Å². The average Bonchev–Trinajstić information content (AvgIpc) is 1.90. The van der Waals surface area contributed by atoms with Gasteiger partial charge in [0.15, 0.2) is 0 Å². The zero-order valence-electron chi connectivity index (χ0n) is 4.67. The summed E-state index contributed by atoms with van der Waals surface area (Å²) in [6, 6.07) is 3.93. The molecule has 41 valence electrons. The SMILES string of the molecule is [CH2]Cc1cccnc1. The maximum atomic E-state index is 3.92. The molecule has 0 saturated carbocycles. The van der Waals surface area contributed by atoms with Crippen molar-refractivity contribution in [3.05, 3.63) is 37.0 Å². The van der Waals surface area contributed by atoms with E-state index in [1.165, 1.54) is 5.56 Å². The van der Waals surface area contributed by atoms with E-state index in [-0.39, 0.29) is 0 Å². The normalized spacial score (nSPS) is 9.12. The lowest BCUT2D eigenvalue weighted by atomic mass is 10.2. The molecule has 0 unspecified atom stereocenters. The third kappa shape index (κ3) is 1.06. The zero-order chi connectivity index (χ0) is 5.82. The van der Waals surface area contributed by atoms with Gasteiger partial charge >= 0.3 is 0 Å². The quantitative estimate of drug-likeness (QED) is 0.528. The first-order valence-electron chi connectivity index (χ1n) is 2.61. The Morgan fingerprint density at radius 1 is 1.62 bits per heavy atom. The van der Waals surface area contributed by atoms with Gasteiger partial charge in [-0.3, -0.25) is 4.98 Å². The van der Waals surface area contributed by atoms with Crippen LogP contribution in [0.4, 0.5) is 0 Å². The molecule has 0 spiro atoms. The summed E-state index contributed by atoms with van der Waals surface area (Å²) in [4.78, 5) is 3.92. The number of hydrogen-bond acceptors (Lipinski definition) is 1. The standard InChI is InChI=1S/C7H8N/c1-2-7-4-3-5-8-6-7/h3-6H,1-2H2. The smallest absolute Gasteiger partial charge is 0.0299 e. The van der Waals surface area contributed by atoms with Gasteiger partial charge in [0.1, 0.15) is 0 Å². The van der Waals surface area contributed by atoms with Crippen LogP contribution in [-0.4, -0.2) is 4.98 Å². The van der Waals surface area contributed by atoms with Gasteiger partial charge in [0.25, 0.3) is 0 Å². The molecule has 0 aliphatic carbocycles. The molecule has 1 aromatic heterocycles. The Morgan fingerprint density at radius 2 is 2.50 bits per heavy atom. The van der Waals surface area contributed by atoms with E-state index < -0.39 is 0 Å². The maximum absolute atomic E-state index is 3.92. The minimum atomic E-state index is 0.827. The molecule has 0 N–H and O–H groups in total. The Bertz CT molecular complexity index is 146. The third-order valence-electron chi connectivity index (χ3n) is 1.01. The first-order chi connectivity index (χ1) is 3.93. The molecule has 0 bridgehead atoms. The van der Waals surface area contributed by atoms with E-state index in [0.29, 0.717) is 0 Å². The lowest BCUT2D eigenvalue weighted by Crippen LogP contribution is -1.78. The molecule has 0 aliphatic rings. The third-order valence-corrected chi connectivity index (χ3v) is 1.01. The number of hydrogen-bond donors (Lipinski definition) is 0. The Kier molecular flexibility index (Phi) is 1.62. The molecule has 8 heavy (non-hydrogen) atoms. The molecule has 0 atom stereocenters. The van der Waals surface area contributed by atoms with Crippen molar-refractivity contribution in [2.75, 3.05) is 0 Å². The van der Waals surface area contributed by atoms with Gasteiger partial charge in [-0.1, -0.05) is 6.07 Å². The van der Waals surface area contributed by atoms with Crippen LogP contribution in [0.3, 0.4) is 0 Å². The Balaban J connectivity index is 2.83. The Hall–Kier alpha value is -0.850. The highest BCUT2D eigenvalue weighted by molar-refractivity contribution is 5.08.